The zero-order valence-corrected chi connectivity index (χ0v) is 7.56. The molecule has 1 N–H and O–H groups in total. The lowest BCUT2D eigenvalue weighted by Gasteiger charge is -2.29. The highest BCUT2D eigenvalue weighted by molar-refractivity contribution is 4.98. The lowest BCUT2D eigenvalue weighted by atomic mass is 10.1. The van der Waals surface area contributed by atoms with Gasteiger partial charge in [0.15, 0.2) is 6.29 Å². The minimum absolute atomic E-state index is 0.0206. The van der Waals surface area contributed by atoms with Crippen LogP contribution in [0.4, 0.5) is 0 Å². The molecule has 1 heterocycles. The Labute approximate surface area is 73.0 Å². The molecule has 0 aromatic rings. The average molecular weight is 172 g/mol. The molecule has 0 aromatic carbocycles. The molecule has 0 spiro atoms. The quantitative estimate of drug-likeness (QED) is 0.644. The Hall–Kier alpha value is -0.380. The Kier molecular flexibility index (Phi) is 3.72. The molecule has 0 aliphatic carbocycles. The Morgan fingerprint density at radius 3 is 2.83 bits per heavy atom. The molecular weight excluding hydrogens is 156 g/mol. The zero-order valence-electron chi connectivity index (χ0n) is 7.56. The molecule has 0 aromatic heterocycles. The minimum atomic E-state index is -0.197. The van der Waals surface area contributed by atoms with Crippen LogP contribution < -0.4 is 0 Å². The molecule has 70 valence electrons. The first-order valence-corrected chi connectivity index (χ1v) is 4.34. The fourth-order valence-corrected chi connectivity index (χ4v) is 1.19. The summed E-state index contributed by atoms with van der Waals surface area (Å²) in [7, 11) is 0. The fourth-order valence-electron chi connectivity index (χ4n) is 1.19. The van der Waals surface area contributed by atoms with Gasteiger partial charge in [0.1, 0.15) is 6.10 Å². The second-order valence-corrected chi connectivity index (χ2v) is 2.92. The molecule has 1 rings (SSSR count). The summed E-state index contributed by atoms with van der Waals surface area (Å²) >= 11 is 0. The molecule has 0 amide bonds. The van der Waals surface area contributed by atoms with Crippen LogP contribution in [0.15, 0.2) is 12.2 Å². The highest BCUT2D eigenvalue weighted by Crippen LogP contribution is 2.18. The van der Waals surface area contributed by atoms with Crippen LogP contribution >= 0.6 is 0 Å². The van der Waals surface area contributed by atoms with Gasteiger partial charge in [-0.05, 0) is 6.92 Å². The first-order valence-electron chi connectivity index (χ1n) is 4.34. The highest BCUT2D eigenvalue weighted by atomic mass is 16.7. The third kappa shape index (κ3) is 2.30. The van der Waals surface area contributed by atoms with Gasteiger partial charge < -0.3 is 14.6 Å². The first kappa shape index (κ1) is 9.71. The number of aliphatic hydroxyl groups is 1. The van der Waals surface area contributed by atoms with Gasteiger partial charge in [-0.25, -0.2) is 0 Å². The van der Waals surface area contributed by atoms with Gasteiger partial charge in [-0.1, -0.05) is 19.1 Å². The van der Waals surface area contributed by atoms with Crippen LogP contribution in [0.25, 0.3) is 0 Å². The minimum Gasteiger partial charge on any atom is -0.393 e. The van der Waals surface area contributed by atoms with Gasteiger partial charge in [-0.2, -0.15) is 0 Å². The second kappa shape index (κ2) is 4.60. The van der Waals surface area contributed by atoms with Crippen molar-refractivity contribution in [2.24, 2.45) is 5.92 Å². The number of hydrogen-bond acceptors (Lipinski definition) is 3. The maximum atomic E-state index is 8.83. The van der Waals surface area contributed by atoms with Gasteiger partial charge in [-0.3, -0.25) is 0 Å². The largest absolute Gasteiger partial charge is 0.393 e. The van der Waals surface area contributed by atoms with Crippen LogP contribution in [0, 0.1) is 5.92 Å². The van der Waals surface area contributed by atoms with Crippen LogP contribution in [-0.2, 0) is 9.47 Å². The summed E-state index contributed by atoms with van der Waals surface area (Å²) in [5.74, 6) is 0.271. The van der Waals surface area contributed by atoms with Crippen molar-refractivity contribution in [3.05, 3.63) is 12.2 Å². The van der Waals surface area contributed by atoms with Crippen LogP contribution in [0.2, 0.25) is 0 Å². The van der Waals surface area contributed by atoms with E-state index in [1.54, 1.807) is 0 Å². The third-order valence-corrected chi connectivity index (χ3v) is 1.88. The smallest absolute Gasteiger partial charge is 0.164 e. The molecule has 3 atom stereocenters. The van der Waals surface area contributed by atoms with Crippen molar-refractivity contribution < 1.29 is 14.6 Å². The van der Waals surface area contributed by atoms with Crippen molar-refractivity contribution in [1.29, 1.82) is 0 Å². The van der Waals surface area contributed by atoms with E-state index >= 15 is 0 Å². The van der Waals surface area contributed by atoms with Crippen LogP contribution in [0.1, 0.15) is 13.8 Å². The lowest BCUT2D eigenvalue weighted by molar-refractivity contribution is -0.187. The molecule has 3 heteroatoms. The zero-order chi connectivity index (χ0) is 8.97. The summed E-state index contributed by atoms with van der Waals surface area (Å²) < 4.78 is 10.8. The summed E-state index contributed by atoms with van der Waals surface area (Å²) in [6.45, 7) is 4.63. The molecule has 0 saturated heterocycles. The number of rotatable bonds is 3. The molecule has 1 aliphatic rings. The summed E-state index contributed by atoms with van der Waals surface area (Å²) in [6.07, 6.45) is 3.50. The van der Waals surface area contributed by atoms with E-state index in [4.69, 9.17) is 14.6 Å². The number of ether oxygens (including phenoxy) is 2. The van der Waals surface area contributed by atoms with Crippen molar-refractivity contribution in [2.75, 3.05) is 13.2 Å². The van der Waals surface area contributed by atoms with Crippen molar-refractivity contribution in [1.82, 2.24) is 0 Å². The van der Waals surface area contributed by atoms with E-state index in [1.165, 1.54) is 0 Å². The fraction of sp³-hybridized carbons (Fsp3) is 0.778. The van der Waals surface area contributed by atoms with Crippen LogP contribution in [0.5, 0.6) is 0 Å². The normalized spacial score (nSPS) is 35.4. The van der Waals surface area contributed by atoms with Gasteiger partial charge in [-0.15, -0.1) is 0 Å². The summed E-state index contributed by atoms with van der Waals surface area (Å²) in [6, 6.07) is 0. The van der Waals surface area contributed by atoms with Crippen LogP contribution in [0.3, 0.4) is 0 Å². The van der Waals surface area contributed by atoms with E-state index in [2.05, 4.69) is 0 Å². The maximum absolute atomic E-state index is 8.83. The van der Waals surface area contributed by atoms with Gasteiger partial charge in [0.05, 0.1) is 6.61 Å². The lowest BCUT2D eigenvalue weighted by Crippen LogP contribution is -2.34. The molecule has 12 heavy (non-hydrogen) atoms. The van der Waals surface area contributed by atoms with E-state index < -0.39 is 0 Å². The number of hydrogen-bond donors (Lipinski definition) is 1. The van der Waals surface area contributed by atoms with Crippen molar-refractivity contribution in [3.63, 3.8) is 0 Å². The van der Waals surface area contributed by atoms with Crippen molar-refractivity contribution in [2.45, 2.75) is 26.2 Å². The van der Waals surface area contributed by atoms with Crippen LogP contribution in [-0.4, -0.2) is 30.7 Å². The van der Waals surface area contributed by atoms with Gasteiger partial charge in [0, 0.05) is 12.5 Å². The van der Waals surface area contributed by atoms with E-state index in [1.807, 2.05) is 26.0 Å². The molecule has 3 nitrogen and oxygen atoms in total. The Bertz CT molecular complexity index is 156. The Morgan fingerprint density at radius 2 is 2.25 bits per heavy atom. The summed E-state index contributed by atoms with van der Waals surface area (Å²) in [5.41, 5.74) is 0. The molecule has 0 saturated carbocycles. The maximum Gasteiger partial charge on any atom is 0.164 e. The Balaban J connectivity index is 2.47. The predicted octanol–water partition coefficient (Wildman–Crippen LogP) is 0.932. The van der Waals surface area contributed by atoms with Gasteiger partial charge in [0.25, 0.3) is 0 Å². The summed E-state index contributed by atoms with van der Waals surface area (Å²) in [5, 5.41) is 8.83. The van der Waals surface area contributed by atoms with Crippen molar-refractivity contribution in [3.8, 4) is 0 Å². The molecule has 0 radical (unpaired) electrons. The second-order valence-electron chi connectivity index (χ2n) is 2.92. The average Bonchev–Trinajstić information content (AvgIpc) is 2.09. The van der Waals surface area contributed by atoms with E-state index in [9.17, 15) is 0 Å². The highest BCUT2D eigenvalue weighted by Gasteiger charge is 2.23. The predicted molar refractivity (Wildman–Crippen MR) is 45.7 cm³/mol. The summed E-state index contributed by atoms with van der Waals surface area (Å²) in [4.78, 5) is 0. The van der Waals surface area contributed by atoms with E-state index in [0.29, 0.717) is 6.61 Å². The number of aliphatic hydroxyl groups excluding tert-OH is 1. The topological polar surface area (TPSA) is 38.7 Å². The van der Waals surface area contributed by atoms with E-state index in [-0.39, 0.29) is 24.9 Å². The molecule has 0 bridgehead atoms. The van der Waals surface area contributed by atoms with Gasteiger partial charge >= 0.3 is 0 Å². The molecular formula is C9H16O3. The SMILES string of the molecule is CCO[C@H]1O[C@H](CO)C=C[C@H]1C. The van der Waals surface area contributed by atoms with E-state index in [0.717, 1.165) is 0 Å². The molecule has 0 unspecified atom stereocenters. The van der Waals surface area contributed by atoms with Crippen molar-refractivity contribution >= 4 is 0 Å². The first-order chi connectivity index (χ1) is 5.77. The third-order valence-electron chi connectivity index (χ3n) is 1.88. The molecule has 1 aliphatic heterocycles. The monoisotopic (exact) mass is 172 g/mol. The standard InChI is InChI=1S/C9H16O3/c1-3-11-9-7(2)4-5-8(6-10)12-9/h4-5,7-10H,3,6H2,1-2H3/t7-,8+,9+/m1/s1. The Morgan fingerprint density at radius 1 is 1.50 bits per heavy atom. The van der Waals surface area contributed by atoms with Gasteiger partial charge in [0.2, 0.25) is 0 Å². The molecule has 0 fully saturated rings.